The molecule has 31 heavy (non-hydrogen) atoms. The van der Waals surface area contributed by atoms with Gasteiger partial charge in [-0.1, -0.05) is 78.9 Å². The zero-order chi connectivity index (χ0) is 21.8. The Morgan fingerprint density at radius 2 is 1.39 bits per heavy atom. The fourth-order valence-electron chi connectivity index (χ4n) is 3.40. The van der Waals surface area contributed by atoms with Crippen molar-refractivity contribution < 1.29 is 8.42 Å². The van der Waals surface area contributed by atoms with E-state index in [9.17, 15) is 8.42 Å². The number of aromatic nitrogens is 2. The van der Waals surface area contributed by atoms with Crippen molar-refractivity contribution in [2.45, 2.75) is 31.3 Å². The lowest BCUT2D eigenvalue weighted by molar-refractivity contribution is 0.532. The number of anilines is 1. The monoisotopic (exact) mass is 431 g/mol. The number of hydrogen-bond donors (Lipinski definition) is 0. The van der Waals surface area contributed by atoms with E-state index >= 15 is 0 Å². The highest BCUT2D eigenvalue weighted by atomic mass is 32.2. The maximum atomic E-state index is 14.0. The lowest BCUT2D eigenvalue weighted by atomic mass is 10.2. The van der Waals surface area contributed by atoms with Crippen molar-refractivity contribution in [3.63, 3.8) is 0 Å². The van der Waals surface area contributed by atoms with E-state index in [0.717, 1.165) is 11.1 Å². The molecule has 0 amide bonds. The highest BCUT2D eigenvalue weighted by Crippen LogP contribution is 2.32. The molecule has 158 valence electrons. The molecule has 0 aliphatic heterocycles. The highest BCUT2D eigenvalue weighted by Gasteiger charge is 2.31. The molecule has 5 nitrogen and oxygen atoms in total. The minimum absolute atomic E-state index is 0.0331. The summed E-state index contributed by atoms with van der Waals surface area (Å²) in [6.45, 7) is 4.20. The molecule has 0 radical (unpaired) electrons. The minimum Gasteiger partial charge on any atom is -0.268 e. The zero-order valence-corrected chi connectivity index (χ0v) is 18.4. The summed E-state index contributed by atoms with van der Waals surface area (Å²) in [5.41, 5.74) is 2.76. The summed E-state index contributed by atoms with van der Waals surface area (Å²) in [6, 6.07) is 28.3. The molecule has 6 heteroatoms. The number of hydrogen-bond acceptors (Lipinski definition) is 3. The predicted octanol–water partition coefficient (Wildman–Crippen LogP) is 5.53. The van der Waals surface area contributed by atoms with Gasteiger partial charge < -0.3 is 0 Å². The van der Waals surface area contributed by atoms with Crippen molar-refractivity contribution in [2.24, 2.45) is 0 Å². The molecule has 0 fully saturated rings. The van der Waals surface area contributed by atoms with Crippen molar-refractivity contribution in [2.75, 3.05) is 4.31 Å². The van der Waals surface area contributed by atoms with Crippen LogP contribution in [0.2, 0.25) is 0 Å². The molecule has 0 atom stereocenters. The normalized spacial score (nSPS) is 11.6. The second kappa shape index (κ2) is 8.78. The van der Waals surface area contributed by atoms with Crippen molar-refractivity contribution >= 4 is 15.7 Å². The number of para-hydroxylation sites is 1. The molecule has 0 spiro atoms. The molecule has 0 N–H and O–H groups in total. The molecule has 0 saturated heterocycles. The van der Waals surface area contributed by atoms with E-state index in [-0.39, 0.29) is 17.5 Å². The minimum atomic E-state index is -3.89. The summed E-state index contributed by atoms with van der Waals surface area (Å²) in [5, 5.41) is 4.64. The van der Waals surface area contributed by atoms with Crippen molar-refractivity contribution in [3.05, 3.63) is 103 Å². The van der Waals surface area contributed by atoms with Gasteiger partial charge in [0, 0.05) is 17.8 Å². The zero-order valence-electron chi connectivity index (χ0n) is 17.6. The van der Waals surface area contributed by atoms with E-state index in [1.165, 1.54) is 4.31 Å². The van der Waals surface area contributed by atoms with Crippen molar-refractivity contribution in [3.8, 4) is 11.3 Å². The Morgan fingerprint density at radius 1 is 0.839 bits per heavy atom. The van der Waals surface area contributed by atoms with Crippen LogP contribution in [0.4, 0.5) is 5.69 Å². The standard InChI is InChI=1S/C25H25N3O2S/c1-20(2)27-19-24(25(26-27)22-14-8-4-9-15-22)31(29,30)28(23-16-10-5-11-17-23)18-21-12-6-3-7-13-21/h3-17,19-20H,18H2,1-2H3. The third-order valence-electron chi connectivity index (χ3n) is 5.06. The molecule has 4 aromatic rings. The first-order valence-corrected chi connectivity index (χ1v) is 11.7. The average molecular weight is 432 g/mol. The molecule has 0 aliphatic carbocycles. The van der Waals surface area contributed by atoms with E-state index < -0.39 is 10.0 Å². The van der Waals surface area contributed by atoms with Crippen LogP contribution < -0.4 is 4.31 Å². The second-order valence-electron chi connectivity index (χ2n) is 7.61. The molecule has 0 aliphatic rings. The summed E-state index contributed by atoms with van der Waals surface area (Å²) >= 11 is 0. The fraction of sp³-hybridized carbons (Fsp3) is 0.160. The van der Waals surface area contributed by atoms with Crippen molar-refractivity contribution in [1.29, 1.82) is 0 Å². The van der Waals surface area contributed by atoms with Crippen LogP contribution in [-0.2, 0) is 16.6 Å². The first-order valence-electron chi connectivity index (χ1n) is 10.2. The molecule has 0 unspecified atom stereocenters. The Hall–Kier alpha value is -3.38. The third kappa shape index (κ3) is 4.39. The van der Waals surface area contributed by atoms with Gasteiger partial charge in [0.1, 0.15) is 10.6 Å². The number of nitrogens with zero attached hydrogens (tertiary/aromatic N) is 3. The maximum absolute atomic E-state index is 14.0. The Morgan fingerprint density at radius 3 is 1.97 bits per heavy atom. The van der Waals surface area contributed by atoms with Crippen LogP contribution in [0.15, 0.2) is 102 Å². The molecule has 0 bridgehead atoms. The van der Waals surface area contributed by atoms with Crippen LogP contribution in [0.3, 0.4) is 0 Å². The van der Waals surface area contributed by atoms with Gasteiger partial charge in [0.05, 0.1) is 12.2 Å². The Labute approximate surface area is 183 Å². The van der Waals surface area contributed by atoms with E-state index in [2.05, 4.69) is 5.10 Å². The summed E-state index contributed by atoms with van der Waals surface area (Å²) < 4.78 is 31.2. The first kappa shape index (κ1) is 20.9. The summed E-state index contributed by atoms with van der Waals surface area (Å²) in [5.74, 6) is 0. The van der Waals surface area contributed by atoms with E-state index in [1.807, 2.05) is 105 Å². The van der Waals surface area contributed by atoms with E-state index in [1.54, 1.807) is 10.9 Å². The van der Waals surface area contributed by atoms with Crippen LogP contribution in [-0.4, -0.2) is 18.2 Å². The van der Waals surface area contributed by atoms with Crippen molar-refractivity contribution in [1.82, 2.24) is 9.78 Å². The lowest BCUT2D eigenvalue weighted by Gasteiger charge is -2.24. The van der Waals surface area contributed by atoms with Gasteiger partial charge >= 0.3 is 0 Å². The molecule has 3 aromatic carbocycles. The van der Waals surface area contributed by atoms with E-state index in [4.69, 9.17) is 0 Å². The maximum Gasteiger partial charge on any atom is 0.268 e. The Bertz CT molecular complexity index is 1240. The largest absolute Gasteiger partial charge is 0.268 e. The number of benzene rings is 3. The van der Waals surface area contributed by atoms with Crippen LogP contribution in [0, 0.1) is 0 Å². The topological polar surface area (TPSA) is 55.2 Å². The van der Waals surface area contributed by atoms with Gasteiger partial charge in [-0.2, -0.15) is 5.10 Å². The molecule has 1 aromatic heterocycles. The van der Waals surface area contributed by atoms with Gasteiger partial charge in [-0.3, -0.25) is 8.99 Å². The van der Waals surface area contributed by atoms with Crippen LogP contribution >= 0.6 is 0 Å². The quantitative estimate of drug-likeness (QED) is 0.387. The summed E-state index contributed by atoms with van der Waals surface area (Å²) in [6.07, 6.45) is 1.64. The Kier molecular flexibility index (Phi) is 5.91. The first-order chi connectivity index (χ1) is 15.0. The SMILES string of the molecule is CC(C)n1cc(S(=O)(=O)N(Cc2ccccc2)c2ccccc2)c(-c2ccccc2)n1. The number of rotatable bonds is 7. The smallest absolute Gasteiger partial charge is 0.268 e. The Balaban J connectivity index is 1.88. The van der Waals surface area contributed by atoms with Crippen LogP contribution in [0.5, 0.6) is 0 Å². The van der Waals surface area contributed by atoms with Gasteiger partial charge in [-0.15, -0.1) is 0 Å². The van der Waals surface area contributed by atoms with Gasteiger partial charge in [0.15, 0.2) is 0 Å². The molecule has 1 heterocycles. The number of sulfonamides is 1. The lowest BCUT2D eigenvalue weighted by Crippen LogP contribution is -2.30. The molecular formula is C25H25N3O2S. The summed E-state index contributed by atoms with van der Waals surface area (Å²) in [4.78, 5) is 0.201. The van der Waals surface area contributed by atoms with E-state index in [0.29, 0.717) is 11.4 Å². The highest BCUT2D eigenvalue weighted by molar-refractivity contribution is 7.93. The van der Waals surface area contributed by atoms with Gasteiger partial charge in [0.25, 0.3) is 10.0 Å². The fourth-order valence-corrected chi connectivity index (χ4v) is 5.00. The van der Waals surface area contributed by atoms with Crippen LogP contribution in [0.25, 0.3) is 11.3 Å². The molecular weight excluding hydrogens is 406 g/mol. The predicted molar refractivity (Wildman–Crippen MR) is 124 cm³/mol. The van der Waals surface area contributed by atoms with Gasteiger partial charge in [-0.25, -0.2) is 8.42 Å². The van der Waals surface area contributed by atoms with Gasteiger partial charge in [-0.05, 0) is 31.5 Å². The molecule has 0 saturated carbocycles. The summed E-state index contributed by atoms with van der Waals surface area (Å²) in [7, 11) is -3.89. The average Bonchev–Trinajstić information content (AvgIpc) is 3.26. The van der Waals surface area contributed by atoms with Crippen LogP contribution in [0.1, 0.15) is 25.5 Å². The van der Waals surface area contributed by atoms with Gasteiger partial charge in [0.2, 0.25) is 0 Å². The third-order valence-corrected chi connectivity index (χ3v) is 6.83. The second-order valence-corrected chi connectivity index (χ2v) is 9.45. The molecule has 4 rings (SSSR count).